The van der Waals surface area contributed by atoms with Crippen molar-refractivity contribution in [3.63, 3.8) is 0 Å². The van der Waals surface area contributed by atoms with Gasteiger partial charge in [0, 0.05) is 17.9 Å². The maximum absolute atomic E-state index is 13.2. The molecule has 8 N–H and O–H groups in total. The molecule has 216 valence electrons. The number of hydrogen-bond donors (Lipinski definition) is 6. The van der Waals surface area contributed by atoms with Gasteiger partial charge in [0.05, 0.1) is 17.0 Å². The van der Waals surface area contributed by atoms with Crippen molar-refractivity contribution in [2.75, 3.05) is 12.3 Å². The Hall–Kier alpha value is -4.33. The number of nitrogens with one attached hydrogen (secondary N) is 1. The molecule has 1 saturated heterocycles. The number of nitrogen functional groups attached to an aromatic ring is 2. The van der Waals surface area contributed by atoms with E-state index in [9.17, 15) is 33.0 Å². The molecule has 3 rings (SSSR count). The molecule has 1 amide bonds. The molecule has 1 aliphatic rings. The number of phenols is 1. The first kappa shape index (κ1) is 30.2. The second-order valence-electron chi connectivity index (χ2n) is 8.82. The topological polar surface area (TPSA) is 278 Å². The number of β-lactam (4-membered cyclic amide) rings is 1. The maximum atomic E-state index is 13.2. The monoisotopic (exact) mass is 600 g/mol. The van der Waals surface area contributed by atoms with Crippen LogP contribution in [0.3, 0.4) is 0 Å². The Bertz CT molecular complexity index is 1490. The average Bonchev–Trinajstić information content (AvgIpc) is 3.27. The van der Waals surface area contributed by atoms with E-state index < -0.39 is 70.2 Å². The molecule has 1 unspecified atom stereocenters. The predicted octanol–water partition coefficient (Wildman–Crippen LogP) is -0.102. The lowest BCUT2D eigenvalue weighted by molar-refractivity contribution is -0.228. The SMILES string of the molecule is CC1(C)[C@H](CC(=O)/C(=N\OC(COc2ccc(C(=N)N)c(O)c2)C(=O)O)c2csc(N)n2)C(=O)N1OS(=O)(=O)O. The number of carboxylic acid groups (broad SMARTS) is 1. The van der Waals surface area contributed by atoms with E-state index in [-0.39, 0.29) is 27.9 Å². The third-order valence-corrected chi connectivity index (χ3v) is 6.68. The van der Waals surface area contributed by atoms with E-state index in [1.807, 2.05) is 0 Å². The number of aliphatic carboxylic acids is 1. The molecule has 17 nitrogen and oxygen atoms in total. The first-order valence-corrected chi connectivity index (χ1v) is 13.3. The Morgan fingerprint density at radius 2 is 2.02 bits per heavy atom. The van der Waals surface area contributed by atoms with E-state index in [4.69, 9.17) is 31.0 Å². The number of thiazole rings is 1. The summed E-state index contributed by atoms with van der Waals surface area (Å²) in [6.45, 7) is 2.16. The molecule has 0 radical (unpaired) electrons. The third kappa shape index (κ3) is 6.81. The molecule has 2 atom stereocenters. The van der Waals surface area contributed by atoms with Crippen molar-refractivity contribution in [2.45, 2.75) is 31.9 Å². The van der Waals surface area contributed by atoms with Gasteiger partial charge in [-0.05, 0) is 26.0 Å². The largest absolute Gasteiger partial charge is 0.507 e. The number of carbonyl (C=O) groups is 3. The second-order valence-corrected chi connectivity index (χ2v) is 10.7. The highest BCUT2D eigenvalue weighted by Gasteiger charge is 2.57. The number of benzene rings is 1. The van der Waals surface area contributed by atoms with Gasteiger partial charge in [0.15, 0.2) is 16.6 Å². The minimum absolute atomic E-state index is 0.0206. The molecule has 19 heteroatoms. The lowest BCUT2D eigenvalue weighted by Gasteiger charge is -2.50. The highest BCUT2D eigenvalue weighted by atomic mass is 32.3. The van der Waals surface area contributed by atoms with Gasteiger partial charge in [0.25, 0.3) is 12.0 Å². The summed E-state index contributed by atoms with van der Waals surface area (Å²) in [7, 11) is -5.00. The number of amides is 1. The van der Waals surface area contributed by atoms with Gasteiger partial charge in [-0.15, -0.1) is 15.6 Å². The van der Waals surface area contributed by atoms with Gasteiger partial charge in [0.1, 0.15) is 29.6 Å². The quantitative estimate of drug-likeness (QED) is 0.0576. The van der Waals surface area contributed by atoms with Crippen molar-refractivity contribution in [2.24, 2.45) is 16.8 Å². The number of carboxylic acids is 1. The zero-order valence-electron chi connectivity index (χ0n) is 20.8. The van der Waals surface area contributed by atoms with Crippen molar-refractivity contribution in [3.8, 4) is 11.5 Å². The van der Waals surface area contributed by atoms with Gasteiger partial charge >= 0.3 is 16.4 Å². The predicted molar refractivity (Wildman–Crippen MR) is 137 cm³/mol. The number of anilines is 1. The first-order valence-electron chi connectivity index (χ1n) is 11.0. The molecule has 2 aromatic rings. The van der Waals surface area contributed by atoms with Crippen molar-refractivity contribution < 1.29 is 51.4 Å². The molecular weight excluding hydrogens is 576 g/mol. The van der Waals surface area contributed by atoms with Crippen LogP contribution in [0.1, 0.15) is 31.5 Å². The Morgan fingerprint density at radius 1 is 1.35 bits per heavy atom. The average molecular weight is 601 g/mol. The van der Waals surface area contributed by atoms with Crippen LogP contribution in [-0.4, -0.2) is 80.7 Å². The summed E-state index contributed by atoms with van der Waals surface area (Å²) in [6, 6.07) is 3.73. The molecule has 0 aliphatic carbocycles. The summed E-state index contributed by atoms with van der Waals surface area (Å²) < 4.78 is 40.6. The van der Waals surface area contributed by atoms with Crippen molar-refractivity contribution >= 4 is 56.1 Å². The van der Waals surface area contributed by atoms with E-state index in [1.165, 1.54) is 31.4 Å². The second kappa shape index (κ2) is 11.4. The number of aromatic nitrogens is 1. The van der Waals surface area contributed by atoms with Gasteiger partial charge in [-0.25, -0.2) is 9.78 Å². The highest BCUT2D eigenvalue weighted by molar-refractivity contribution is 7.80. The number of rotatable bonds is 13. The number of oxime groups is 1. The maximum Gasteiger partial charge on any atom is 0.418 e. The number of nitrogens with zero attached hydrogens (tertiary/aromatic N) is 3. The van der Waals surface area contributed by atoms with E-state index in [1.54, 1.807) is 0 Å². The number of nitrogens with two attached hydrogens (primary N) is 2. The van der Waals surface area contributed by atoms with Crippen LogP contribution in [0.5, 0.6) is 11.5 Å². The molecule has 0 bridgehead atoms. The zero-order chi connectivity index (χ0) is 30.0. The molecule has 0 saturated carbocycles. The van der Waals surface area contributed by atoms with Crippen LogP contribution >= 0.6 is 11.3 Å². The number of amidine groups is 1. The van der Waals surface area contributed by atoms with Crippen LogP contribution in [0.4, 0.5) is 5.13 Å². The lowest BCUT2D eigenvalue weighted by Crippen LogP contribution is -2.68. The number of ether oxygens (including phenoxy) is 1. The summed E-state index contributed by atoms with van der Waals surface area (Å²) in [5, 5.41) is 32.3. The fraction of sp³-hybridized carbons (Fsp3) is 0.333. The summed E-state index contributed by atoms with van der Waals surface area (Å²) in [5.41, 5.74) is 9.13. The summed E-state index contributed by atoms with van der Waals surface area (Å²) in [6.07, 6.45) is -2.29. The molecule has 1 fully saturated rings. The summed E-state index contributed by atoms with van der Waals surface area (Å²) in [4.78, 5) is 46.4. The smallest absolute Gasteiger partial charge is 0.418 e. The fourth-order valence-corrected chi connectivity index (χ4v) is 4.55. The van der Waals surface area contributed by atoms with Crippen LogP contribution < -0.4 is 16.2 Å². The van der Waals surface area contributed by atoms with E-state index >= 15 is 0 Å². The van der Waals surface area contributed by atoms with E-state index in [0.29, 0.717) is 5.06 Å². The van der Waals surface area contributed by atoms with Gasteiger partial charge < -0.3 is 31.3 Å². The van der Waals surface area contributed by atoms with Crippen LogP contribution in [0, 0.1) is 11.3 Å². The zero-order valence-corrected chi connectivity index (χ0v) is 22.4. The third-order valence-electron chi connectivity index (χ3n) is 5.67. The standard InChI is InChI=1S/C21H24N6O11S2/c1-21(2)11(18(30)27(21)38-40(33,34)35)6-14(29)16(12-8-39-20(24)25-12)26-37-15(19(31)32)7-36-9-3-4-10(17(22)23)13(28)5-9/h3-5,8,11,15,28H,6-7H2,1-2H3,(H3,22,23)(H2,24,25)(H,31,32)(H,33,34,35)/b26-16-/t11-,15?/m1/s1. The molecule has 1 aliphatic heterocycles. The highest BCUT2D eigenvalue weighted by Crippen LogP contribution is 2.40. The number of hydroxylamine groups is 2. The number of carbonyl (C=O) groups excluding carboxylic acids is 2. The number of Topliss-reactive ketones (excluding diaryl/α,β-unsaturated/α-hetero) is 1. The van der Waals surface area contributed by atoms with Crippen LogP contribution in [0.15, 0.2) is 28.7 Å². The molecule has 1 aromatic carbocycles. The Labute approximate surface area is 230 Å². The molecule has 0 spiro atoms. The van der Waals surface area contributed by atoms with Crippen molar-refractivity contribution in [1.29, 1.82) is 5.41 Å². The Morgan fingerprint density at radius 3 is 2.52 bits per heavy atom. The number of phenolic OH excluding ortho intramolecular Hbond substituents is 1. The van der Waals surface area contributed by atoms with E-state index in [0.717, 1.165) is 17.4 Å². The van der Waals surface area contributed by atoms with E-state index in [2.05, 4.69) is 14.4 Å². The van der Waals surface area contributed by atoms with Crippen molar-refractivity contribution in [1.82, 2.24) is 10.0 Å². The summed E-state index contributed by atoms with van der Waals surface area (Å²) >= 11 is 0.948. The normalized spacial score (nSPS) is 17.6. The Kier molecular flexibility index (Phi) is 8.63. The minimum Gasteiger partial charge on any atom is -0.507 e. The molecular formula is C21H24N6O11S2. The number of hydrogen-bond acceptors (Lipinski definition) is 14. The van der Waals surface area contributed by atoms with Crippen molar-refractivity contribution in [3.05, 3.63) is 34.8 Å². The lowest BCUT2D eigenvalue weighted by atomic mass is 9.74. The van der Waals surface area contributed by atoms with Gasteiger partial charge in [-0.1, -0.05) is 5.16 Å². The molecule has 1 aromatic heterocycles. The minimum atomic E-state index is -5.00. The Balaban J connectivity index is 1.78. The molecule has 2 heterocycles. The first-order chi connectivity index (χ1) is 18.5. The van der Waals surface area contributed by atoms with Crippen LogP contribution in [0.25, 0.3) is 0 Å². The number of aromatic hydroxyl groups is 1. The van der Waals surface area contributed by atoms with Crippen LogP contribution in [-0.2, 0) is 33.9 Å². The van der Waals surface area contributed by atoms with Gasteiger partial charge in [0.2, 0.25) is 0 Å². The van der Waals surface area contributed by atoms with Crippen LogP contribution in [0.2, 0.25) is 0 Å². The summed E-state index contributed by atoms with van der Waals surface area (Å²) in [5.74, 6) is -5.11. The van der Waals surface area contributed by atoms with Gasteiger partial charge in [-0.3, -0.25) is 19.6 Å². The number of ketones is 1. The fourth-order valence-electron chi connectivity index (χ4n) is 3.55. The van der Waals surface area contributed by atoms with Gasteiger partial charge in [-0.2, -0.15) is 13.5 Å². The molecule has 40 heavy (non-hydrogen) atoms.